The van der Waals surface area contributed by atoms with Crippen LogP contribution >= 0.6 is 0 Å². The molecule has 0 atom stereocenters. The van der Waals surface area contributed by atoms with Crippen molar-refractivity contribution in [3.05, 3.63) is 64.4 Å². The van der Waals surface area contributed by atoms with E-state index in [1.165, 1.54) is 0 Å². The van der Waals surface area contributed by atoms with E-state index in [1.807, 2.05) is 71.9 Å². The van der Waals surface area contributed by atoms with Crippen molar-refractivity contribution in [1.29, 1.82) is 0 Å². The van der Waals surface area contributed by atoms with Crippen LogP contribution in [0.25, 0.3) is 16.5 Å². The Morgan fingerprint density at radius 2 is 1.89 bits per heavy atom. The van der Waals surface area contributed by atoms with Crippen LogP contribution in [0.1, 0.15) is 41.9 Å². The van der Waals surface area contributed by atoms with Gasteiger partial charge in [-0.05, 0) is 75.9 Å². The maximum Gasteiger partial charge on any atom is 0.248 e. The fourth-order valence-electron chi connectivity index (χ4n) is 3.27. The highest BCUT2D eigenvalue weighted by Crippen LogP contribution is 2.35. The molecule has 0 fully saturated rings. The topological polar surface area (TPSA) is 51.5 Å². The number of ether oxygens (including phenoxy) is 1. The Balaban J connectivity index is 1.97. The van der Waals surface area contributed by atoms with Crippen LogP contribution < -0.4 is 10.1 Å². The number of carbonyl (C=O) groups is 1. The third kappa shape index (κ3) is 3.96. The standard InChI is InChI=1S/C24H27NO3/c1-7-27-22-13-23-20(17(5)18(6)28-23)12-19(22)16(4)11-24(26)25-21-10-14(2)8-9-15(21)3/h8-13H,7H2,1-6H3,(H,25,26)/b16-11+. The molecule has 0 aliphatic heterocycles. The molecule has 0 bridgehead atoms. The van der Waals surface area contributed by atoms with Gasteiger partial charge in [-0.3, -0.25) is 4.79 Å². The number of aryl methyl sites for hydroxylation is 4. The molecule has 0 spiro atoms. The van der Waals surface area contributed by atoms with Crippen molar-refractivity contribution in [2.24, 2.45) is 0 Å². The van der Waals surface area contributed by atoms with Crippen molar-refractivity contribution in [2.75, 3.05) is 11.9 Å². The molecule has 28 heavy (non-hydrogen) atoms. The van der Waals surface area contributed by atoms with Gasteiger partial charge in [0.1, 0.15) is 17.1 Å². The minimum Gasteiger partial charge on any atom is -0.493 e. The SMILES string of the molecule is CCOc1cc2oc(C)c(C)c2cc1/C(C)=C/C(=O)Nc1cc(C)ccc1C. The van der Waals surface area contributed by atoms with Crippen molar-refractivity contribution in [3.63, 3.8) is 0 Å². The van der Waals surface area contributed by atoms with Crippen LogP contribution in [0.5, 0.6) is 5.75 Å². The van der Waals surface area contributed by atoms with Crippen LogP contribution in [0.2, 0.25) is 0 Å². The van der Waals surface area contributed by atoms with E-state index in [0.717, 1.165) is 56.0 Å². The Kier molecular flexibility index (Phi) is 5.59. The van der Waals surface area contributed by atoms with Crippen LogP contribution in [0.3, 0.4) is 0 Å². The van der Waals surface area contributed by atoms with Crippen molar-refractivity contribution >= 4 is 28.1 Å². The fraction of sp³-hybridized carbons (Fsp3) is 0.292. The van der Waals surface area contributed by atoms with Crippen LogP contribution in [0.4, 0.5) is 5.69 Å². The number of nitrogens with one attached hydrogen (secondary N) is 1. The maximum atomic E-state index is 12.6. The van der Waals surface area contributed by atoms with Crippen molar-refractivity contribution in [3.8, 4) is 5.75 Å². The van der Waals surface area contributed by atoms with E-state index in [1.54, 1.807) is 6.08 Å². The number of furan rings is 1. The highest BCUT2D eigenvalue weighted by molar-refractivity contribution is 6.05. The molecular formula is C24H27NO3. The normalized spacial score (nSPS) is 11.7. The van der Waals surface area contributed by atoms with Crippen LogP contribution in [0, 0.1) is 27.7 Å². The van der Waals surface area contributed by atoms with Gasteiger partial charge in [0.15, 0.2) is 0 Å². The highest BCUT2D eigenvalue weighted by atomic mass is 16.5. The number of carbonyl (C=O) groups excluding carboxylic acids is 1. The van der Waals surface area contributed by atoms with Gasteiger partial charge in [0.25, 0.3) is 0 Å². The molecule has 0 saturated heterocycles. The number of benzene rings is 2. The summed E-state index contributed by atoms with van der Waals surface area (Å²) in [5, 5.41) is 4.02. The van der Waals surface area contributed by atoms with Crippen molar-refractivity contribution in [1.82, 2.24) is 0 Å². The summed E-state index contributed by atoms with van der Waals surface area (Å²) < 4.78 is 11.6. The zero-order valence-electron chi connectivity index (χ0n) is 17.4. The minimum atomic E-state index is -0.158. The average Bonchev–Trinajstić information content (AvgIpc) is 2.91. The summed E-state index contributed by atoms with van der Waals surface area (Å²) in [7, 11) is 0. The quantitative estimate of drug-likeness (QED) is 0.546. The summed E-state index contributed by atoms with van der Waals surface area (Å²) >= 11 is 0. The van der Waals surface area contributed by atoms with E-state index in [2.05, 4.69) is 5.32 Å². The first-order valence-corrected chi connectivity index (χ1v) is 9.53. The lowest BCUT2D eigenvalue weighted by molar-refractivity contribution is -0.111. The molecule has 3 aromatic rings. The summed E-state index contributed by atoms with van der Waals surface area (Å²) in [6, 6.07) is 9.97. The largest absolute Gasteiger partial charge is 0.493 e. The molecular weight excluding hydrogens is 350 g/mol. The zero-order valence-corrected chi connectivity index (χ0v) is 17.4. The predicted octanol–water partition coefficient (Wildman–Crippen LogP) is 6.11. The van der Waals surface area contributed by atoms with E-state index in [9.17, 15) is 4.79 Å². The first-order chi connectivity index (χ1) is 13.3. The predicted molar refractivity (Wildman–Crippen MR) is 115 cm³/mol. The number of rotatable bonds is 5. The van der Waals surface area contributed by atoms with Crippen LogP contribution in [-0.4, -0.2) is 12.5 Å². The van der Waals surface area contributed by atoms with Gasteiger partial charge in [-0.1, -0.05) is 12.1 Å². The van der Waals surface area contributed by atoms with E-state index >= 15 is 0 Å². The molecule has 2 aromatic carbocycles. The molecule has 1 heterocycles. The number of amides is 1. The van der Waals surface area contributed by atoms with Crippen LogP contribution in [0.15, 0.2) is 40.8 Å². The van der Waals surface area contributed by atoms with Gasteiger partial charge >= 0.3 is 0 Å². The molecule has 4 heteroatoms. The summed E-state index contributed by atoms with van der Waals surface area (Å²) in [5.41, 5.74) is 6.61. The molecule has 0 aliphatic rings. The Morgan fingerprint density at radius 1 is 1.14 bits per heavy atom. The summed E-state index contributed by atoms with van der Waals surface area (Å²) in [5.74, 6) is 1.45. The van der Waals surface area contributed by atoms with E-state index in [-0.39, 0.29) is 5.91 Å². The number of anilines is 1. The summed E-state index contributed by atoms with van der Waals surface area (Å²) in [6.45, 7) is 12.4. The number of hydrogen-bond acceptors (Lipinski definition) is 3. The van der Waals surface area contributed by atoms with Gasteiger partial charge in [0, 0.05) is 28.8 Å². The molecule has 4 nitrogen and oxygen atoms in total. The van der Waals surface area contributed by atoms with Gasteiger partial charge in [-0.25, -0.2) is 0 Å². The van der Waals surface area contributed by atoms with E-state index in [4.69, 9.17) is 9.15 Å². The Morgan fingerprint density at radius 3 is 2.61 bits per heavy atom. The first kappa shape index (κ1) is 19.7. The molecule has 1 N–H and O–H groups in total. The van der Waals surface area contributed by atoms with Gasteiger partial charge < -0.3 is 14.5 Å². The Labute approximate surface area is 166 Å². The molecule has 0 radical (unpaired) electrons. The molecule has 146 valence electrons. The number of fused-ring (bicyclic) bond motifs is 1. The Hall–Kier alpha value is -3.01. The van der Waals surface area contributed by atoms with Crippen molar-refractivity contribution < 1.29 is 13.9 Å². The lowest BCUT2D eigenvalue weighted by Crippen LogP contribution is -2.10. The second-order valence-electron chi connectivity index (χ2n) is 7.20. The minimum absolute atomic E-state index is 0.158. The third-order valence-corrected chi connectivity index (χ3v) is 5.00. The zero-order chi connectivity index (χ0) is 20.4. The van der Waals surface area contributed by atoms with Gasteiger partial charge in [0.05, 0.1) is 6.61 Å². The smallest absolute Gasteiger partial charge is 0.248 e. The highest BCUT2D eigenvalue weighted by Gasteiger charge is 2.15. The van der Waals surface area contributed by atoms with Crippen LogP contribution in [-0.2, 0) is 4.79 Å². The monoisotopic (exact) mass is 377 g/mol. The van der Waals surface area contributed by atoms with E-state index in [0.29, 0.717) is 6.61 Å². The molecule has 0 aliphatic carbocycles. The van der Waals surface area contributed by atoms with Gasteiger partial charge in [-0.15, -0.1) is 0 Å². The third-order valence-electron chi connectivity index (χ3n) is 5.00. The lowest BCUT2D eigenvalue weighted by atomic mass is 10.0. The molecule has 0 saturated carbocycles. The second-order valence-corrected chi connectivity index (χ2v) is 7.20. The van der Waals surface area contributed by atoms with E-state index < -0.39 is 0 Å². The Bertz CT molecular complexity index is 1070. The fourth-order valence-corrected chi connectivity index (χ4v) is 3.27. The lowest BCUT2D eigenvalue weighted by Gasteiger charge is -2.12. The summed E-state index contributed by atoms with van der Waals surface area (Å²) in [6.07, 6.45) is 1.62. The number of hydrogen-bond donors (Lipinski definition) is 1. The number of allylic oxidation sites excluding steroid dienone is 1. The van der Waals surface area contributed by atoms with Gasteiger partial charge in [0.2, 0.25) is 5.91 Å². The first-order valence-electron chi connectivity index (χ1n) is 9.53. The summed E-state index contributed by atoms with van der Waals surface area (Å²) in [4.78, 5) is 12.6. The second kappa shape index (κ2) is 7.93. The van der Waals surface area contributed by atoms with Gasteiger partial charge in [-0.2, -0.15) is 0 Å². The molecule has 1 amide bonds. The average molecular weight is 377 g/mol. The maximum absolute atomic E-state index is 12.6. The van der Waals surface area contributed by atoms with Crippen molar-refractivity contribution in [2.45, 2.75) is 41.5 Å². The molecule has 1 aromatic heterocycles. The molecule has 3 rings (SSSR count). The molecule has 0 unspecified atom stereocenters.